The van der Waals surface area contributed by atoms with E-state index in [1.54, 1.807) is 0 Å². The summed E-state index contributed by atoms with van der Waals surface area (Å²) in [5.74, 6) is 1.52. The Bertz CT molecular complexity index is 3250. The zero-order valence-corrected chi connectivity index (χ0v) is 35.7. The lowest BCUT2D eigenvalue weighted by molar-refractivity contribution is 0.674. The van der Waals surface area contributed by atoms with Gasteiger partial charge in [-0.3, -0.25) is 0 Å². The molecule has 0 amide bonds. The normalized spacial score (nSPS) is 14.0. The fourth-order valence-corrected chi connectivity index (χ4v) is 8.70. The second-order valence-electron chi connectivity index (χ2n) is 15.9. The van der Waals surface area contributed by atoms with Gasteiger partial charge in [-0.15, -0.1) is 0 Å². The van der Waals surface area contributed by atoms with E-state index in [2.05, 4.69) is 216 Å². The number of para-hydroxylation sites is 3. The van der Waals surface area contributed by atoms with Crippen LogP contribution in [0.5, 0.6) is 0 Å². The number of aliphatic imine (C=N–C) groups is 2. The molecule has 64 heavy (non-hydrogen) atoms. The molecule has 10 rings (SSSR count). The van der Waals surface area contributed by atoms with Gasteiger partial charge in [-0.05, 0) is 88.8 Å². The minimum Gasteiger partial charge on any atom is -0.344 e. The van der Waals surface area contributed by atoms with Crippen molar-refractivity contribution in [1.82, 2.24) is 9.88 Å². The molecule has 0 fully saturated rings. The van der Waals surface area contributed by atoms with Crippen LogP contribution >= 0.6 is 0 Å². The lowest BCUT2D eigenvalue weighted by atomic mass is 9.99. The first-order valence-electron chi connectivity index (χ1n) is 21.8. The van der Waals surface area contributed by atoms with Crippen molar-refractivity contribution in [2.24, 2.45) is 9.98 Å². The summed E-state index contributed by atoms with van der Waals surface area (Å²) >= 11 is 0. The molecule has 8 aromatic carbocycles. The highest BCUT2D eigenvalue weighted by Crippen LogP contribution is 2.37. The fourth-order valence-electron chi connectivity index (χ4n) is 8.70. The number of anilines is 2. The Hall–Kier alpha value is -8.28. The Labute approximate surface area is 375 Å². The predicted molar refractivity (Wildman–Crippen MR) is 270 cm³/mol. The van der Waals surface area contributed by atoms with Crippen LogP contribution in [0, 0.1) is 0 Å². The van der Waals surface area contributed by atoms with Gasteiger partial charge >= 0.3 is 0 Å². The van der Waals surface area contributed by atoms with Crippen LogP contribution < -0.4 is 10.2 Å². The van der Waals surface area contributed by atoms with Gasteiger partial charge in [0.15, 0.2) is 5.84 Å². The van der Waals surface area contributed by atoms with Gasteiger partial charge in [-0.2, -0.15) is 0 Å². The lowest BCUT2D eigenvalue weighted by Gasteiger charge is -2.24. The molecule has 1 aliphatic heterocycles. The monoisotopic (exact) mass is 825 g/mol. The second kappa shape index (κ2) is 18.0. The van der Waals surface area contributed by atoms with Gasteiger partial charge in [-0.1, -0.05) is 183 Å². The molecule has 0 spiro atoms. The topological polar surface area (TPSA) is 44.9 Å². The summed E-state index contributed by atoms with van der Waals surface area (Å²) in [6.45, 7) is 4.09. The van der Waals surface area contributed by atoms with Gasteiger partial charge in [-0.25, -0.2) is 9.98 Å². The first-order valence-corrected chi connectivity index (χ1v) is 21.8. The third-order valence-corrected chi connectivity index (χ3v) is 11.9. The van der Waals surface area contributed by atoms with Gasteiger partial charge in [0.1, 0.15) is 12.0 Å². The van der Waals surface area contributed by atoms with Crippen LogP contribution in [0.25, 0.3) is 44.2 Å². The third kappa shape index (κ3) is 8.11. The largest absolute Gasteiger partial charge is 0.344 e. The van der Waals surface area contributed by atoms with Crippen molar-refractivity contribution in [2.75, 3.05) is 11.9 Å². The van der Waals surface area contributed by atoms with Crippen LogP contribution in [-0.4, -0.2) is 23.3 Å². The maximum atomic E-state index is 5.09. The first kappa shape index (κ1) is 39.8. The molecule has 1 N–H and O–H groups in total. The van der Waals surface area contributed by atoms with E-state index in [4.69, 9.17) is 9.98 Å². The summed E-state index contributed by atoms with van der Waals surface area (Å²) in [7, 11) is 2.15. The minimum atomic E-state index is -0.247. The Kier molecular flexibility index (Phi) is 11.2. The third-order valence-electron chi connectivity index (χ3n) is 11.9. The Morgan fingerprint density at radius 2 is 1.30 bits per heavy atom. The molecule has 308 valence electrons. The Balaban J connectivity index is 0.913. The summed E-state index contributed by atoms with van der Waals surface area (Å²) in [6.07, 6.45) is 8.88. The fraction of sp³-hybridized carbons (Fsp3) is 0.0508. The highest BCUT2D eigenvalue weighted by Gasteiger charge is 2.21. The standard InChI is InChI=1S/C59H47N5/c1-3-20-43(27-17-21-42-22-18-29-48(39-42)59-61-57(44-23-7-4-8-24-44)60-58(62-59)45-25-9-5-10-26-45)51-33-13-15-35-54(51)63(2)50-32-19-28-46(40-50)47-37-38-56-53(41-47)52-34-14-16-36-55(52)64(56)49-30-11-6-12-31-49/h3-20,22-41,57H,1,21H2,2H3,(H,60,61,62)/b27-17-,43-20+. The van der Waals surface area contributed by atoms with Crippen molar-refractivity contribution < 1.29 is 0 Å². The Morgan fingerprint density at radius 3 is 2.12 bits per heavy atom. The van der Waals surface area contributed by atoms with E-state index in [0.717, 1.165) is 62.7 Å². The highest BCUT2D eigenvalue weighted by atomic mass is 15.2. The van der Waals surface area contributed by atoms with Crippen molar-refractivity contribution in [1.29, 1.82) is 0 Å². The number of rotatable bonds is 12. The highest BCUT2D eigenvalue weighted by molar-refractivity contribution is 6.13. The number of aromatic nitrogens is 1. The quantitative estimate of drug-likeness (QED) is 0.125. The van der Waals surface area contributed by atoms with Gasteiger partial charge < -0.3 is 14.8 Å². The van der Waals surface area contributed by atoms with E-state index in [1.807, 2.05) is 42.5 Å². The number of fused-ring (bicyclic) bond motifs is 3. The predicted octanol–water partition coefficient (Wildman–Crippen LogP) is 14.1. The molecule has 1 aromatic heterocycles. The molecule has 5 nitrogen and oxygen atoms in total. The van der Waals surface area contributed by atoms with Gasteiger partial charge in [0.05, 0.1) is 11.0 Å². The first-order chi connectivity index (χ1) is 31.6. The van der Waals surface area contributed by atoms with Crippen LogP contribution in [0.15, 0.2) is 247 Å². The van der Waals surface area contributed by atoms with Crippen molar-refractivity contribution in [3.05, 3.63) is 265 Å². The van der Waals surface area contributed by atoms with E-state index in [0.29, 0.717) is 5.84 Å². The Morgan fingerprint density at radius 1 is 0.625 bits per heavy atom. The van der Waals surface area contributed by atoms with Crippen LogP contribution in [-0.2, 0) is 6.42 Å². The molecule has 0 bridgehead atoms. The van der Waals surface area contributed by atoms with Gasteiger partial charge in [0.25, 0.3) is 0 Å². The van der Waals surface area contributed by atoms with Gasteiger partial charge in [0, 0.05) is 51.6 Å². The molecular formula is C59H47N5. The number of hydrogen-bond donors (Lipinski definition) is 1. The molecule has 1 atom stereocenters. The summed E-state index contributed by atoms with van der Waals surface area (Å²) in [5.41, 5.74) is 14.6. The number of benzene rings is 8. The molecule has 0 saturated carbocycles. The van der Waals surface area contributed by atoms with Crippen LogP contribution in [0.4, 0.5) is 11.4 Å². The molecule has 0 radical (unpaired) electrons. The van der Waals surface area contributed by atoms with Crippen molar-refractivity contribution >= 4 is 50.4 Å². The van der Waals surface area contributed by atoms with Crippen molar-refractivity contribution in [2.45, 2.75) is 12.6 Å². The zero-order chi connectivity index (χ0) is 43.2. The summed E-state index contributed by atoms with van der Waals surface area (Å²) < 4.78 is 2.36. The van der Waals surface area contributed by atoms with Gasteiger partial charge in [0.2, 0.25) is 0 Å². The number of amidine groups is 2. The van der Waals surface area contributed by atoms with E-state index >= 15 is 0 Å². The van der Waals surface area contributed by atoms with E-state index < -0.39 is 0 Å². The average Bonchev–Trinajstić information content (AvgIpc) is 3.70. The number of allylic oxidation sites excluding steroid dienone is 5. The number of hydrogen-bond acceptors (Lipinski definition) is 4. The molecule has 2 heterocycles. The molecule has 5 heteroatoms. The average molecular weight is 826 g/mol. The molecule has 1 unspecified atom stereocenters. The molecule has 1 aliphatic rings. The van der Waals surface area contributed by atoms with E-state index in [-0.39, 0.29) is 6.17 Å². The maximum absolute atomic E-state index is 5.09. The zero-order valence-electron chi connectivity index (χ0n) is 35.7. The molecule has 0 saturated heterocycles. The summed E-state index contributed by atoms with van der Waals surface area (Å²) in [6, 6.07) is 72.7. The summed E-state index contributed by atoms with van der Waals surface area (Å²) in [5, 5.41) is 6.04. The van der Waals surface area contributed by atoms with E-state index in [1.165, 1.54) is 32.9 Å². The summed E-state index contributed by atoms with van der Waals surface area (Å²) in [4.78, 5) is 12.4. The van der Waals surface area contributed by atoms with Crippen LogP contribution in [0.1, 0.15) is 34.0 Å². The SMILES string of the molecule is C=C/C=C(\C=C/Cc1cccc(C2=NC(c3ccccc3)NC(c3ccccc3)=N2)c1)c1ccccc1N(C)c1cccc(-c2ccc3c(c2)c2ccccc2n3-c2ccccc2)c1. The minimum absolute atomic E-state index is 0.247. The number of nitrogens with one attached hydrogen (secondary N) is 1. The molecule has 0 aliphatic carbocycles. The number of nitrogens with zero attached hydrogens (tertiary/aromatic N) is 4. The van der Waals surface area contributed by atoms with Crippen LogP contribution in [0.3, 0.4) is 0 Å². The smallest absolute Gasteiger partial charge is 0.159 e. The van der Waals surface area contributed by atoms with E-state index in [9.17, 15) is 0 Å². The maximum Gasteiger partial charge on any atom is 0.159 e. The van der Waals surface area contributed by atoms with Crippen molar-refractivity contribution in [3.8, 4) is 16.8 Å². The lowest BCUT2D eigenvalue weighted by Crippen LogP contribution is -2.33. The molecular weight excluding hydrogens is 779 g/mol. The van der Waals surface area contributed by atoms with Crippen molar-refractivity contribution in [3.63, 3.8) is 0 Å². The van der Waals surface area contributed by atoms with Crippen LogP contribution in [0.2, 0.25) is 0 Å². The molecule has 9 aromatic rings. The second-order valence-corrected chi connectivity index (χ2v) is 15.9.